The first kappa shape index (κ1) is 105. The van der Waals surface area contributed by atoms with Crippen LogP contribution in [-0.2, 0) is 54.2 Å². The largest absolute Gasteiger partial charge is 0.506 e. The van der Waals surface area contributed by atoms with E-state index in [0.29, 0.717) is 78.0 Å². The second-order valence-corrected chi connectivity index (χ2v) is 34.7. The number of alkyl halides is 2. The molecular formula is C116H122Br2N12O11S+4. The number of anilines is 4. The van der Waals surface area contributed by atoms with E-state index in [0.717, 1.165) is 132 Å². The number of halogens is 2. The van der Waals surface area contributed by atoms with E-state index in [9.17, 15) is 24.9 Å². The number of benzene rings is 12. The predicted molar refractivity (Wildman–Crippen MR) is 579 cm³/mol. The van der Waals surface area contributed by atoms with Gasteiger partial charge < -0.3 is 67.8 Å². The van der Waals surface area contributed by atoms with Crippen LogP contribution in [0.25, 0.3) is 78.6 Å². The molecule has 0 fully saturated rings. The molecule has 2 aliphatic carbocycles. The molecule has 142 heavy (non-hydrogen) atoms. The van der Waals surface area contributed by atoms with E-state index in [-0.39, 0.29) is 69.8 Å². The van der Waals surface area contributed by atoms with Crippen LogP contribution in [0.2, 0.25) is 0 Å². The second kappa shape index (κ2) is 50.5. The van der Waals surface area contributed by atoms with Gasteiger partial charge in [-0.25, -0.2) is 19.1 Å². The predicted octanol–water partition coefficient (Wildman–Crippen LogP) is 22.5. The lowest BCUT2D eigenvalue weighted by atomic mass is 9.87. The minimum absolute atomic E-state index is 0. The fraction of sp³-hybridized carbons (Fsp3) is 0.207. The van der Waals surface area contributed by atoms with Crippen LogP contribution in [0.5, 0.6) is 0 Å². The molecule has 8 heterocycles. The van der Waals surface area contributed by atoms with Gasteiger partial charge in [0.05, 0.1) is 97.0 Å². The first-order valence-electron chi connectivity index (χ1n) is 46.7. The smallest absolute Gasteiger partial charge is 0.375 e. The summed E-state index contributed by atoms with van der Waals surface area (Å²) in [6.07, 6.45) is 6.91. The Balaban J connectivity index is 0.000000148. The van der Waals surface area contributed by atoms with Crippen LogP contribution in [0.1, 0.15) is 93.1 Å². The van der Waals surface area contributed by atoms with Gasteiger partial charge in [-0.3, -0.25) is 9.59 Å². The number of hydrogen-bond donors (Lipinski definition) is 7. The molecule has 0 spiro atoms. The maximum atomic E-state index is 13.3. The standard InChI is InChI=1S/C31H27N3O4.C29H23N3O3S.C15H14NO.C12H17N2O.C10H12N2.C8H7NO.C7H7Br.C2H5BrO.2CH4/c1-2-32-24-12-6-7-13-25(24)33(16-17-35)28(32)18-22-30(36)23(31(22)37)19-29-34(20-21-10-4-3-5-11-21)26-14-8-9-15-27(26)38-29;33-15-14-31-23-11-5-4-10-22(23)30-26(31)16-20-28(34)21(29(20)36)17-27-32(18-19-8-2-1-3-9-19)24-12-6-7-13-25(24)35-27;1-12-16(11-13-7-3-2-4-8-13)14-9-5-6-10-15(14)17-12;1-3-13-10(2)14(8-9-15)12-7-5-4-6-11(12)13;1-3-12-8(2)11-9-6-4-5-7-10(9)12;1-6-9-7-4-2-3-5-8(7)10-6;8-6-7-4-2-1-3-5-7;3-1-2-4;;/h3-15,18-19,35H,2,16-17,20H2,1H3;1-13,16-17,33H,14-15,18H2,(H,34,36);2-10H,11H2,1H3;4-7,15H,3,8-9H2,1-2H3;4-7H,3H2,1-2H3;2-5H,1H3;1-5H,6H2;4H,1-2H2;2*1H4/q;;2*+1;;;;;;/p+2. The number of imidazole rings is 2. The van der Waals surface area contributed by atoms with Crippen molar-refractivity contribution < 1.29 is 71.1 Å². The summed E-state index contributed by atoms with van der Waals surface area (Å²) in [5.41, 5.74) is 22.2. The summed E-state index contributed by atoms with van der Waals surface area (Å²) >= 11 is 11.0. The molecular weight excluding hydrogens is 1930 g/mol. The number of β-amino-alcohol motifs (C(OH)–C–C–N with tert-alkyl or cyclic N) is 2. The highest BCUT2D eigenvalue weighted by Crippen LogP contribution is 2.45. The number of carbonyl (C=O) groups excluding carboxylic acids is 2. The molecule has 0 radical (unpaired) electrons. The van der Waals surface area contributed by atoms with E-state index in [1.54, 1.807) is 24.3 Å². The summed E-state index contributed by atoms with van der Waals surface area (Å²) in [7, 11) is 0. The summed E-state index contributed by atoms with van der Waals surface area (Å²) < 4.78 is 36.2. The summed E-state index contributed by atoms with van der Waals surface area (Å²) in [5.74, 6) is 6.12. The van der Waals surface area contributed by atoms with E-state index in [4.69, 9.17) is 27.9 Å². The van der Waals surface area contributed by atoms with Gasteiger partial charge in [0.15, 0.2) is 47.9 Å². The SMILES string of the molecule is BrCc1ccccc1.C.C.CCN1/C(=C/C2=C(O)C(=C\c3oc4ccccc4[n+]3Cc3ccccc3)/C2=O)N(CCO)c2ccccc21.CCn1c(C)[n+](CCO)c2ccccc21.CCn1c(C)nc2ccccc21.Cc1nc2ccccc2o1.Cc1oc2ccccc2[n+]1Cc1ccccc1.O=C1C(/C=C2/Nc3ccccc3N2CCO)=C(S)C/1=C\c1oc2ccccc2[n+]1Cc1ccccc1.OCCBr. The van der Waals surface area contributed by atoms with Crippen LogP contribution in [-0.4, -0.2) is 108 Å². The molecule has 26 heteroatoms. The molecule has 0 saturated heterocycles. The molecule has 6 N–H and O–H groups in total. The molecule has 23 nitrogen and oxygen atoms in total. The van der Waals surface area contributed by atoms with Crippen LogP contribution in [0, 0.1) is 27.7 Å². The minimum atomic E-state index is -0.252. The number of aryl methyl sites for hydroxylation is 5. The fourth-order valence-electron chi connectivity index (χ4n) is 17.3. The molecule has 4 aliphatic rings. The lowest BCUT2D eigenvalue weighted by molar-refractivity contribution is -0.679. The summed E-state index contributed by atoms with van der Waals surface area (Å²) in [6, 6.07) is 105. The Hall–Kier alpha value is -14.6. The van der Waals surface area contributed by atoms with Crippen LogP contribution in [0.15, 0.2) is 390 Å². The highest BCUT2D eigenvalue weighted by atomic mass is 79.9. The van der Waals surface area contributed by atoms with E-state index in [2.05, 4.69) is 199 Å². The zero-order chi connectivity index (χ0) is 98.1. The lowest BCUT2D eigenvalue weighted by Gasteiger charge is -2.26. The highest BCUT2D eigenvalue weighted by Gasteiger charge is 2.40. The number of rotatable bonds is 21. The van der Waals surface area contributed by atoms with Crippen molar-refractivity contribution in [2.75, 3.05) is 71.4 Å². The minimum Gasteiger partial charge on any atom is -0.506 e. The molecule has 18 aromatic rings. The molecule has 0 amide bonds. The van der Waals surface area contributed by atoms with Crippen LogP contribution >= 0.6 is 44.5 Å². The van der Waals surface area contributed by atoms with Gasteiger partial charge in [-0.05, 0) is 124 Å². The van der Waals surface area contributed by atoms with Crippen molar-refractivity contribution in [2.45, 2.75) is 108 Å². The number of aliphatic hydroxyl groups is 5. The molecule has 0 unspecified atom stereocenters. The lowest BCUT2D eigenvalue weighted by Crippen LogP contribution is -2.38. The van der Waals surface area contributed by atoms with Crippen molar-refractivity contribution in [3.63, 3.8) is 0 Å². The van der Waals surface area contributed by atoms with Gasteiger partial charge in [-0.2, -0.15) is 13.7 Å². The first-order chi connectivity index (χ1) is 68.4. The third-order valence-electron chi connectivity index (χ3n) is 24.0. The number of nitrogens with one attached hydrogen (secondary N) is 1. The Labute approximate surface area is 850 Å². The van der Waals surface area contributed by atoms with E-state index in [1.165, 1.54) is 33.5 Å². The number of hydrogen-bond acceptors (Lipinski definition) is 18. The summed E-state index contributed by atoms with van der Waals surface area (Å²) in [5, 5.41) is 52.1. The van der Waals surface area contributed by atoms with Crippen molar-refractivity contribution >= 4 is 157 Å². The van der Waals surface area contributed by atoms with Gasteiger partial charge in [0, 0.05) is 102 Å². The van der Waals surface area contributed by atoms with E-state index in [1.807, 2.05) is 267 Å². The number of para-hydroxylation sites is 16. The third kappa shape index (κ3) is 24.2. The Bertz CT molecular complexity index is 7510. The Morgan fingerprint density at radius 1 is 0.401 bits per heavy atom. The number of oxazole rings is 4. The summed E-state index contributed by atoms with van der Waals surface area (Å²) in [6.45, 7) is 20.8. The third-order valence-corrected chi connectivity index (χ3v) is 25.4. The zero-order valence-electron chi connectivity index (χ0n) is 79.2. The maximum absolute atomic E-state index is 13.3. The van der Waals surface area contributed by atoms with Crippen molar-refractivity contribution in [1.82, 2.24) is 19.1 Å². The quantitative estimate of drug-likeness (QED) is 0.0153. The number of fused-ring (bicyclic) bond motifs is 8. The summed E-state index contributed by atoms with van der Waals surface area (Å²) in [4.78, 5) is 41.8. The van der Waals surface area contributed by atoms with Crippen molar-refractivity contribution in [3.05, 3.63) is 430 Å². The van der Waals surface area contributed by atoms with Gasteiger partial charge in [-0.1, -0.05) is 265 Å². The number of aromatic nitrogens is 8. The van der Waals surface area contributed by atoms with Gasteiger partial charge in [0.25, 0.3) is 22.4 Å². The molecule has 6 aromatic heterocycles. The van der Waals surface area contributed by atoms with Crippen LogP contribution in [0.4, 0.5) is 22.7 Å². The highest BCUT2D eigenvalue weighted by molar-refractivity contribution is 9.09. The number of ketones is 2. The molecule has 12 aromatic carbocycles. The topological polar surface area (TPSA) is 261 Å². The average molecular weight is 2050 g/mol. The molecule has 2 aliphatic heterocycles. The normalized spacial score (nSPS) is 13.8. The Morgan fingerprint density at radius 2 is 0.838 bits per heavy atom. The monoisotopic (exact) mass is 2050 g/mol. The molecule has 0 bridgehead atoms. The first-order valence-corrected chi connectivity index (χ1v) is 49.3. The average Bonchev–Trinajstić information content (AvgIpc) is 1.55. The van der Waals surface area contributed by atoms with Crippen LogP contribution in [0.3, 0.4) is 0 Å². The van der Waals surface area contributed by atoms with Crippen molar-refractivity contribution in [3.8, 4) is 0 Å². The van der Waals surface area contributed by atoms with Crippen molar-refractivity contribution in [1.29, 1.82) is 0 Å². The Kier molecular flexibility index (Phi) is 37.2. The fourth-order valence-corrected chi connectivity index (χ4v) is 18.0. The number of aliphatic hydroxyl groups excluding tert-OH is 5. The Morgan fingerprint density at radius 3 is 1.34 bits per heavy atom. The molecule has 0 saturated carbocycles. The van der Waals surface area contributed by atoms with E-state index >= 15 is 0 Å². The maximum Gasteiger partial charge on any atom is 0.375 e. The molecule has 22 rings (SSSR count). The molecule has 0 atom stereocenters. The number of Topliss-reactive ketones (excluding diaryl/α,β-unsaturated/α-hetero) is 2. The van der Waals surface area contributed by atoms with Crippen molar-refractivity contribution in [2.24, 2.45) is 0 Å². The number of nitrogens with zero attached hydrogens (tertiary/aromatic N) is 11. The van der Waals surface area contributed by atoms with Gasteiger partial charge in [0.2, 0.25) is 22.5 Å². The van der Waals surface area contributed by atoms with Gasteiger partial charge in [-0.15, -0.1) is 12.6 Å². The molecule has 728 valence electrons. The number of allylic oxidation sites excluding steroid dienone is 6. The number of carbonyl (C=O) groups is 2. The number of thiol groups is 1. The zero-order valence-corrected chi connectivity index (χ0v) is 83.3. The van der Waals surface area contributed by atoms with E-state index < -0.39 is 0 Å². The second-order valence-electron chi connectivity index (χ2n) is 32.9. The van der Waals surface area contributed by atoms with Crippen LogP contribution < -0.4 is 38.3 Å². The van der Waals surface area contributed by atoms with Gasteiger partial charge in [0.1, 0.15) is 35.3 Å². The van der Waals surface area contributed by atoms with Gasteiger partial charge >= 0.3 is 17.7 Å².